The molecule has 2 aromatic carbocycles. The van der Waals surface area contributed by atoms with Gasteiger partial charge in [-0.15, -0.1) is 0 Å². The normalized spacial score (nSPS) is 11.0. The van der Waals surface area contributed by atoms with Gasteiger partial charge in [0.25, 0.3) is 0 Å². The van der Waals surface area contributed by atoms with E-state index in [2.05, 4.69) is 4.74 Å². The molecule has 0 atom stereocenters. The lowest BCUT2D eigenvalue weighted by atomic mass is 10.1. The lowest BCUT2D eigenvalue weighted by molar-refractivity contribution is 0.103. The molecule has 0 fully saturated rings. The third-order valence-corrected chi connectivity index (χ3v) is 2.90. The monoisotopic (exact) mass is 310 g/mol. The molecule has 22 heavy (non-hydrogen) atoms. The molecule has 0 saturated heterocycles. The van der Waals surface area contributed by atoms with Gasteiger partial charge in [0, 0.05) is 0 Å². The van der Waals surface area contributed by atoms with Crippen LogP contribution in [0.4, 0.5) is 17.6 Å². The SMILES string of the molecule is COc1c(F)c(F)c(C(=O)/C=C/c2ccccc2)c(F)c1F. The van der Waals surface area contributed by atoms with Gasteiger partial charge in [-0.3, -0.25) is 4.79 Å². The van der Waals surface area contributed by atoms with Crippen molar-refractivity contribution in [2.24, 2.45) is 0 Å². The number of carbonyl (C=O) groups excluding carboxylic acids is 1. The number of benzene rings is 2. The first kappa shape index (κ1) is 15.8. The zero-order chi connectivity index (χ0) is 16.3. The van der Waals surface area contributed by atoms with E-state index < -0.39 is 40.4 Å². The Morgan fingerprint density at radius 2 is 1.50 bits per heavy atom. The van der Waals surface area contributed by atoms with Crippen molar-refractivity contribution in [3.05, 3.63) is 70.8 Å². The predicted molar refractivity (Wildman–Crippen MR) is 72.6 cm³/mol. The minimum atomic E-state index is -1.79. The molecule has 0 aromatic heterocycles. The minimum Gasteiger partial charge on any atom is -0.491 e. The number of methoxy groups -OCH3 is 1. The maximum atomic E-state index is 13.7. The Hall–Kier alpha value is -2.63. The summed E-state index contributed by atoms with van der Waals surface area (Å²) in [5.41, 5.74) is -0.714. The van der Waals surface area contributed by atoms with E-state index in [9.17, 15) is 22.4 Å². The number of allylic oxidation sites excluding steroid dienone is 1. The lowest BCUT2D eigenvalue weighted by Crippen LogP contribution is -2.10. The van der Waals surface area contributed by atoms with Crippen LogP contribution in [0.3, 0.4) is 0 Å². The van der Waals surface area contributed by atoms with Gasteiger partial charge >= 0.3 is 0 Å². The van der Waals surface area contributed by atoms with Crippen LogP contribution in [0, 0.1) is 23.3 Å². The van der Waals surface area contributed by atoms with E-state index in [0.717, 1.165) is 13.2 Å². The van der Waals surface area contributed by atoms with Crippen LogP contribution >= 0.6 is 0 Å². The van der Waals surface area contributed by atoms with Gasteiger partial charge in [-0.1, -0.05) is 36.4 Å². The first-order valence-corrected chi connectivity index (χ1v) is 6.14. The average molecular weight is 310 g/mol. The summed E-state index contributed by atoms with van der Waals surface area (Å²) in [7, 11) is 0.858. The van der Waals surface area contributed by atoms with Crippen LogP contribution in [-0.4, -0.2) is 12.9 Å². The van der Waals surface area contributed by atoms with E-state index in [-0.39, 0.29) is 0 Å². The molecule has 0 unspecified atom stereocenters. The summed E-state index contributed by atoms with van der Waals surface area (Å²) >= 11 is 0. The molecule has 0 aliphatic heterocycles. The van der Waals surface area contributed by atoms with E-state index in [4.69, 9.17) is 0 Å². The van der Waals surface area contributed by atoms with E-state index >= 15 is 0 Å². The van der Waals surface area contributed by atoms with Gasteiger partial charge < -0.3 is 4.74 Å². The molecule has 2 nitrogen and oxygen atoms in total. The second kappa shape index (κ2) is 6.43. The van der Waals surface area contributed by atoms with Crippen molar-refractivity contribution in [3.63, 3.8) is 0 Å². The van der Waals surface area contributed by atoms with Crippen molar-refractivity contribution < 1.29 is 27.1 Å². The van der Waals surface area contributed by atoms with Crippen LogP contribution in [-0.2, 0) is 0 Å². The highest BCUT2D eigenvalue weighted by Crippen LogP contribution is 2.30. The molecule has 2 aromatic rings. The fourth-order valence-electron chi connectivity index (χ4n) is 1.83. The molecule has 0 saturated carbocycles. The Bertz CT molecular complexity index is 711. The zero-order valence-corrected chi connectivity index (χ0v) is 11.4. The van der Waals surface area contributed by atoms with Crippen molar-refractivity contribution >= 4 is 11.9 Å². The Morgan fingerprint density at radius 3 is 2.00 bits per heavy atom. The highest BCUT2D eigenvalue weighted by molar-refractivity contribution is 6.07. The van der Waals surface area contributed by atoms with Crippen molar-refractivity contribution in [2.75, 3.05) is 7.11 Å². The van der Waals surface area contributed by atoms with Crippen LogP contribution in [0.15, 0.2) is 36.4 Å². The molecule has 0 spiro atoms. The molecule has 114 valence electrons. The number of rotatable bonds is 4. The number of ketones is 1. The summed E-state index contributed by atoms with van der Waals surface area (Å²) in [6.45, 7) is 0. The fraction of sp³-hybridized carbons (Fsp3) is 0.0625. The summed E-state index contributed by atoms with van der Waals surface area (Å²) in [4.78, 5) is 11.8. The van der Waals surface area contributed by atoms with Crippen LogP contribution < -0.4 is 4.74 Å². The third-order valence-electron chi connectivity index (χ3n) is 2.90. The summed E-state index contributed by atoms with van der Waals surface area (Å²) < 4.78 is 58.8. The average Bonchev–Trinajstić information content (AvgIpc) is 2.53. The molecule has 0 aliphatic carbocycles. The molecule has 0 radical (unpaired) electrons. The standard InChI is InChI=1S/C16H10F4O2/c1-22-16-14(19)12(17)11(13(18)15(16)20)10(21)8-7-9-5-3-2-4-6-9/h2-8H,1H3/b8-7+. The highest BCUT2D eigenvalue weighted by Gasteiger charge is 2.28. The Balaban J connectivity index is 2.45. The van der Waals surface area contributed by atoms with Gasteiger partial charge in [0.15, 0.2) is 23.2 Å². The largest absolute Gasteiger partial charge is 0.491 e. The molecule has 0 heterocycles. The summed E-state index contributed by atoms with van der Waals surface area (Å²) in [6.07, 6.45) is 2.11. The molecular formula is C16H10F4O2. The van der Waals surface area contributed by atoms with Crippen molar-refractivity contribution in [3.8, 4) is 5.75 Å². The Morgan fingerprint density at radius 1 is 0.955 bits per heavy atom. The quantitative estimate of drug-likeness (QED) is 0.367. The van der Waals surface area contributed by atoms with Crippen LogP contribution in [0.2, 0.25) is 0 Å². The topological polar surface area (TPSA) is 26.3 Å². The Kier molecular flexibility index (Phi) is 4.60. The summed E-state index contributed by atoms with van der Waals surface area (Å²) in [6, 6.07) is 8.42. The summed E-state index contributed by atoms with van der Waals surface area (Å²) in [5.74, 6) is -9.49. The Labute approximate surface area is 123 Å². The first-order valence-electron chi connectivity index (χ1n) is 6.14. The number of hydrogen-bond donors (Lipinski definition) is 0. The van der Waals surface area contributed by atoms with Gasteiger partial charge in [0.1, 0.15) is 0 Å². The van der Waals surface area contributed by atoms with Gasteiger partial charge in [-0.2, -0.15) is 8.78 Å². The molecule has 6 heteroatoms. The van der Waals surface area contributed by atoms with Crippen LogP contribution in [0.1, 0.15) is 15.9 Å². The third kappa shape index (κ3) is 2.86. The van der Waals surface area contributed by atoms with Gasteiger partial charge in [-0.05, 0) is 11.6 Å². The van der Waals surface area contributed by atoms with Crippen LogP contribution in [0.25, 0.3) is 6.08 Å². The molecule has 0 N–H and O–H groups in total. The maximum absolute atomic E-state index is 13.7. The molecule has 0 bridgehead atoms. The van der Waals surface area contributed by atoms with Crippen molar-refractivity contribution in [2.45, 2.75) is 0 Å². The summed E-state index contributed by atoms with van der Waals surface area (Å²) in [5, 5.41) is 0. The van der Waals surface area contributed by atoms with E-state index in [1.54, 1.807) is 30.3 Å². The van der Waals surface area contributed by atoms with E-state index in [1.165, 1.54) is 6.08 Å². The minimum absolute atomic E-state index is 0.589. The second-order valence-electron chi connectivity index (χ2n) is 4.27. The maximum Gasteiger partial charge on any atom is 0.204 e. The highest BCUT2D eigenvalue weighted by atomic mass is 19.2. The number of halogens is 4. The lowest BCUT2D eigenvalue weighted by Gasteiger charge is -2.08. The van der Waals surface area contributed by atoms with Crippen molar-refractivity contribution in [1.82, 2.24) is 0 Å². The number of carbonyl (C=O) groups is 1. The van der Waals surface area contributed by atoms with Crippen molar-refractivity contribution in [1.29, 1.82) is 0 Å². The van der Waals surface area contributed by atoms with Gasteiger partial charge in [0.2, 0.25) is 11.6 Å². The molecular weight excluding hydrogens is 300 g/mol. The van der Waals surface area contributed by atoms with Gasteiger partial charge in [-0.25, -0.2) is 8.78 Å². The zero-order valence-electron chi connectivity index (χ0n) is 11.4. The second-order valence-corrected chi connectivity index (χ2v) is 4.27. The molecule has 0 aliphatic rings. The fourth-order valence-corrected chi connectivity index (χ4v) is 1.83. The predicted octanol–water partition coefficient (Wildman–Crippen LogP) is 4.15. The smallest absolute Gasteiger partial charge is 0.204 e. The molecule has 2 rings (SSSR count). The number of hydrogen-bond acceptors (Lipinski definition) is 2. The van der Waals surface area contributed by atoms with E-state index in [0.29, 0.717) is 5.56 Å². The first-order chi connectivity index (χ1) is 10.5. The van der Waals surface area contributed by atoms with Crippen LogP contribution in [0.5, 0.6) is 5.75 Å². The van der Waals surface area contributed by atoms with Gasteiger partial charge in [0.05, 0.1) is 12.7 Å². The number of ether oxygens (including phenoxy) is 1. The molecule has 0 amide bonds. The van der Waals surface area contributed by atoms with E-state index in [1.807, 2.05) is 0 Å².